The zero-order valence-electron chi connectivity index (χ0n) is 22.2. The van der Waals surface area contributed by atoms with Crippen molar-refractivity contribution in [1.29, 1.82) is 0 Å². The zero-order chi connectivity index (χ0) is 28.3. The van der Waals surface area contributed by atoms with Crippen molar-refractivity contribution in [2.75, 3.05) is 0 Å². The number of hydrogen-bond acceptors (Lipinski definition) is 3. The Balaban J connectivity index is 0.000000143. The molecule has 3 heteroatoms. The minimum atomic E-state index is 0.0852. The first kappa shape index (κ1) is 27.9. The van der Waals surface area contributed by atoms with Gasteiger partial charge in [0.1, 0.15) is 11.5 Å². The van der Waals surface area contributed by atoms with Crippen molar-refractivity contribution in [1.82, 2.24) is 0 Å². The molecular weight excluding hydrogens is 492 g/mol. The average molecular weight is 525 g/mol. The molecule has 0 aliphatic carbocycles. The highest BCUT2D eigenvalue weighted by Crippen LogP contribution is 2.28. The lowest BCUT2D eigenvalue weighted by atomic mass is 9.97. The van der Waals surface area contributed by atoms with E-state index in [0.717, 1.165) is 38.6 Å². The molecule has 40 heavy (non-hydrogen) atoms. The Hall–Kier alpha value is -5.12. The van der Waals surface area contributed by atoms with Crippen molar-refractivity contribution >= 4 is 33.7 Å². The smallest absolute Gasteiger partial charge is 0.115 e. The summed E-state index contributed by atoms with van der Waals surface area (Å²) in [5, 5.41) is 32.4. The van der Waals surface area contributed by atoms with Crippen molar-refractivity contribution in [3.63, 3.8) is 0 Å². The van der Waals surface area contributed by atoms with Gasteiger partial charge in [0.05, 0.1) is 6.61 Å². The Bertz CT molecular complexity index is 1590. The Morgan fingerprint density at radius 2 is 0.875 bits per heavy atom. The first-order chi connectivity index (χ1) is 19.5. The summed E-state index contributed by atoms with van der Waals surface area (Å²) in [6, 6.07) is 40.5. The fourth-order valence-electron chi connectivity index (χ4n) is 4.47. The van der Waals surface area contributed by atoms with Crippen LogP contribution in [-0.2, 0) is 6.61 Å². The van der Waals surface area contributed by atoms with Crippen molar-refractivity contribution in [2.45, 2.75) is 6.61 Å². The van der Waals surface area contributed by atoms with Crippen molar-refractivity contribution in [2.24, 2.45) is 0 Å². The zero-order valence-corrected chi connectivity index (χ0v) is 22.2. The summed E-state index contributed by atoms with van der Waals surface area (Å²) in [6.07, 6.45) is 3.66. The van der Waals surface area contributed by atoms with E-state index in [1.54, 1.807) is 24.3 Å². The van der Waals surface area contributed by atoms with Gasteiger partial charge < -0.3 is 15.3 Å². The summed E-state index contributed by atoms with van der Waals surface area (Å²) < 4.78 is 0. The van der Waals surface area contributed by atoms with Crippen LogP contribution in [0.15, 0.2) is 141 Å². The summed E-state index contributed by atoms with van der Waals surface area (Å²) >= 11 is 0. The molecule has 0 unspecified atom stereocenters. The molecule has 6 rings (SSSR count). The number of aliphatic hydroxyl groups is 1. The van der Waals surface area contributed by atoms with Crippen LogP contribution in [0.4, 0.5) is 0 Å². The van der Waals surface area contributed by atoms with Gasteiger partial charge in [0.25, 0.3) is 0 Å². The molecule has 198 valence electrons. The maximum absolute atomic E-state index is 9.53. The van der Waals surface area contributed by atoms with Gasteiger partial charge >= 0.3 is 0 Å². The summed E-state index contributed by atoms with van der Waals surface area (Å²) in [5.74, 6) is 0.514. The molecule has 3 N–H and O–H groups in total. The number of fused-ring (bicyclic) bond motifs is 2. The molecule has 0 atom stereocenters. The van der Waals surface area contributed by atoms with E-state index in [1.807, 2.05) is 84.9 Å². The van der Waals surface area contributed by atoms with E-state index >= 15 is 0 Å². The predicted octanol–water partition coefficient (Wildman–Crippen LogP) is 9.22. The Kier molecular flexibility index (Phi) is 9.49. The van der Waals surface area contributed by atoms with Crippen LogP contribution in [0.3, 0.4) is 0 Å². The fraction of sp³-hybridized carbons (Fsp3) is 0.0270. The van der Waals surface area contributed by atoms with Crippen LogP contribution >= 0.6 is 0 Å². The lowest BCUT2D eigenvalue weighted by Crippen LogP contribution is -1.88. The minimum Gasteiger partial charge on any atom is -0.508 e. The second-order valence-electron chi connectivity index (χ2n) is 9.09. The number of benzene rings is 6. The van der Waals surface area contributed by atoms with Gasteiger partial charge in [-0.2, -0.15) is 0 Å². The predicted molar refractivity (Wildman–Crippen MR) is 169 cm³/mol. The highest BCUT2D eigenvalue weighted by atomic mass is 16.3. The summed E-state index contributed by atoms with van der Waals surface area (Å²) in [6.45, 7) is 7.47. The number of aromatic hydroxyl groups is 2. The molecule has 0 amide bonds. The fourth-order valence-corrected chi connectivity index (χ4v) is 4.47. The van der Waals surface area contributed by atoms with Gasteiger partial charge in [-0.3, -0.25) is 0 Å². The van der Waals surface area contributed by atoms with Gasteiger partial charge in [-0.1, -0.05) is 122 Å². The molecule has 6 aromatic rings. The largest absolute Gasteiger partial charge is 0.508 e. The van der Waals surface area contributed by atoms with Gasteiger partial charge in [0.2, 0.25) is 0 Å². The molecule has 6 aromatic carbocycles. The SMILES string of the molecule is C=Cc1ccccc1C=C.OCc1c2ccccc2cc2ccccc12.Oc1ccc(-c2ccc(O)cc2)cc1. The number of phenols is 2. The second-order valence-corrected chi connectivity index (χ2v) is 9.09. The molecule has 0 aliphatic heterocycles. The van der Waals surface area contributed by atoms with Gasteiger partial charge in [-0.05, 0) is 79.7 Å². The molecule has 0 spiro atoms. The highest BCUT2D eigenvalue weighted by Gasteiger charge is 2.05. The van der Waals surface area contributed by atoms with Crippen LogP contribution < -0.4 is 0 Å². The molecule has 0 radical (unpaired) electrons. The molecule has 0 saturated heterocycles. The highest BCUT2D eigenvalue weighted by molar-refractivity contribution is 6.02. The molecule has 0 aromatic heterocycles. The molecule has 0 fully saturated rings. The quantitative estimate of drug-likeness (QED) is 0.201. The third kappa shape index (κ3) is 6.84. The van der Waals surface area contributed by atoms with Gasteiger partial charge in [0.15, 0.2) is 0 Å². The number of phenolic OH excluding ortho intramolecular Hbond substituents is 2. The van der Waals surface area contributed by atoms with Gasteiger partial charge in [0, 0.05) is 0 Å². The first-order valence-corrected chi connectivity index (χ1v) is 13.0. The van der Waals surface area contributed by atoms with E-state index in [2.05, 4.69) is 43.5 Å². The van der Waals surface area contributed by atoms with Gasteiger partial charge in [-0.15, -0.1) is 0 Å². The lowest BCUT2D eigenvalue weighted by molar-refractivity contribution is 0.285. The van der Waals surface area contributed by atoms with E-state index in [9.17, 15) is 5.11 Å². The van der Waals surface area contributed by atoms with Gasteiger partial charge in [-0.25, -0.2) is 0 Å². The summed E-state index contributed by atoms with van der Waals surface area (Å²) in [7, 11) is 0. The Morgan fingerprint density at radius 3 is 1.25 bits per heavy atom. The van der Waals surface area contributed by atoms with Crippen LogP contribution in [0, 0.1) is 0 Å². The maximum atomic E-state index is 9.53. The molecule has 0 aliphatic rings. The molecule has 0 bridgehead atoms. The summed E-state index contributed by atoms with van der Waals surface area (Å²) in [5.41, 5.74) is 5.33. The van der Waals surface area contributed by atoms with Crippen molar-refractivity contribution < 1.29 is 15.3 Å². The Morgan fingerprint density at radius 1 is 0.500 bits per heavy atom. The standard InChI is InChI=1S/C15H12O.C12H10O2.C10H10/c16-10-15-13-7-3-1-5-11(13)9-12-6-2-4-8-14(12)15;13-11-5-1-9(2-6-11)10-3-7-12(14)8-4-10;1-3-9-7-5-6-8-10(9)4-2/h1-9,16H,10H2;1-8,13-14H;3-8H,1-2H2. The number of rotatable bonds is 4. The number of aliphatic hydroxyl groups excluding tert-OH is 1. The molecule has 0 saturated carbocycles. The van der Waals surface area contributed by atoms with Crippen molar-refractivity contribution in [3.05, 3.63) is 157 Å². The normalized spacial score (nSPS) is 10.1. The van der Waals surface area contributed by atoms with Crippen LogP contribution in [0.5, 0.6) is 11.5 Å². The second kappa shape index (κ2) is 13.6. The monoisotopic (exact) mass is 524 g/mol. The van der Waals surface area contributed by atoms with Crippen LogP contribution in [-0.4, -0.2) is 15.3 Å². The Labute approximate surface area is 235 Å². The maximum Gasteiger partial charge on any atom is 0.115 e. The van der Waals surface area contributed by atoms with Crippen LogP contribution in [0.2, 0.25) is 0 Å². The number of hydrogen-bond donors (Lipinski definition) is 3. The average Bonchev–Trinajstić information content (AvgIpc) is 3.01. The third-order valence-corrected chi connectivity index (χ3v) is 6.54. The molecular formula is C37H32O3. The van der Waals surface area contributed by atoms with E-state index in [1.165, 1.54) is 10.8 Å². The van der Waals surface area contributed by atoms with E-state index in [-0.39, 0.29) is 18.1 Å². The topological polar surface area (TPSA) is 60.7 Å². The van der Waals surface area contributed by atoms with E-state index in [0.29, 0.717) is 0 Å². The molecule has 0 heterocycles. The first-order valence-electron chi connectivity index (χ1n) is 13.0. The third-order valence-electron chi connectivity index (χ3n) is 6.54. The van der Waals surface area contributed by atoms with E-state index in [4.69, 9.17) is 10.2 Å². The minimum absolute atomic E-state index is 0.0852. The van der Waals surface area contributed by atoms with E-state index < -0.39 is 0 Å². The van der Waals surface area contributed by atoms with Crippen molar-refractivity contribution in [3.8, 4) is 22.6 Å². The lowest BCUT2D eigenvalue weighted by Gasteiger charge is -2.08. The molecule has 3 nitrogen and oxygen atoms in total. The van der Waals surface area contributed by atoms with Crippen LogP contribution in [0.25, 0.3) is 44.8 Å². The summed E-state index contributed by atoms with van der Waals surface area (Å²) in [4.78, 5) is 0. The van der Waals surface area contributed by atoms with Crippen LogP contribution in [0.1, 0.15) is 16.7 Å².